The lowest BCUT2D eigenvalue weighted by atomic mass is 9.89. The Labute approximate surface area is 249 Å². The molecule has 3 aromatic heterocycles. The molecular formula is C31H27N3O4S3. The third-order valence-corrected chi connectivity index (χ3v) is 10.1. The lowest BCUT2D eigenvalue weighted by Gasteiger charge is -2.17. The second kappa shape index (κ2) is 11.6. The van der Waals surface area contributed by atoms with E-state index in [4.69, 9.17) is 9.72 Å². The van der Waals surface area contributed by atoms with Crippen LogP contribution >= 0.6 is 34.4 Å². The molecule has 1 aliphatic carbocycles. The van der Waals surface area contributed by atoms with E-state index >= 15 is 0 Å². The van der Waals surface area contributed by atoms with Gasteiger partial charge in [0.25, 0.3) is 5.56 Å². The highest BCUT2D eigenvalue weighted by atomic mass is 32.2. The van der Waals surface area contributed by atoms with Gasteiger partial charge < -0.3 is 10.1 Å². The van der Waals surface area contributed by atoms with E-state index in [1.54, 1.807) is 15.9 Å². The Balaban J connectivity index is 1.32. The first-order valence-corrected chi connectivity index (χ1v) is 15.9. The van der Waals surface area contributed by atoms with Crippen LogP contribution in [0.3, 0.4) is 0 Å². The van der Waals surface area contributed by atoms with Gasteiger partial charge >= 0.3 is 5.97 Å². The molecule has 1 N–H and O–H groups in total. The third kappa shape index (κ3) is 5.35. The van der Waals surface area contributed by atoms with Crippen LogP contribution in [0.1, 0.15) is 34.1 Å². The number of thioether (sulfide) groups is 1. The molecule has 0 aliphatic heterocycles. The molecule has 41 heavy (non-hydrogen) atoms. The van der Waals surface area contributed by atoms with Crippen LogP contribution in [0.15, 0.2) is 76.0 Å². The molecule has 5 aromatic rings. The SMILES string of the molecule is COC(=O)c1c(-c2ccccc2)csc1NC(=O)CSc1nc2sc3c(c2c(=O)n1-c1ccccc1)CC[C@H](C)C3. The summed E-state index contributed by atoms with van der Waals surface area (Å²) in [7, 11) is 1.32. The van der Waals surface area contributed by atoms with Crippen molar-refractivity contribution in [3.63, 3.8) is 0 Å². The highest BCUT2D eigenvalue weighted by Gasteiger charge is 2.26. The summed E-state index contributed by atoms with van der Waals surface area (Å²) in [6.45, 7) is 2.24. The Morgan fingerprint density at radius 3 is 2.59 bits per heavy atom. The lowest BCUT2D eigenvalue weighted by Crippen LogP contribution is -2.23. The molecule has 0 bridgehead atoms. The van der Waals surface area contributed by atoms with E-state index < -0.39 is 5.97 Å². The number of benzene rings is 2. The monoisotopic (exact) mass is 601 g/mol. The number of hydrogen-bond acceptors (Lipinski definition) is 8. The summed E-state index contributed by atoms with van der Waals surface area (Å²) in [6, 6.07) is 18.9. The molecule has 0 fully saturated rings. The summed E-state index contributed by atoms with van der Waals surface area (Å²) in [6.07, 6.45) is 2.90. The zero-order valence-corrected chi connectivity index (χ0v) is 25.0. The number of hydrogen-bond donors (Lipinski definition) is 1. The van der Waals surface area contributed by atoms with E-state index in [1.807, 2.05) is 66.0 Å². The predicted molar refractivity (Wildman–Crippen MR) is 167 cm³/mol. The van der Waals surface area contributed by atoms with Crippen molar-refractivity contribution < 1.29 is 14.3 Å². The summed E-state index contributed by atoms with van der Waals surface area (Å²) >= 11 is 4.07. The number of anilines is 1. The lowest BCUT2D eigenvalue weighted by molar-refractivity contribution is -0.113. The van der Waals surface area contributed by atoms with Crippen molar-refractivity contribution in [1.29, 1.82) is 0 Å². The molecule has 1 amide bonds. The molecule has 7 nitrogen and oxygen atoms in total. The Hall–Kier alpha value is -3.73. The van der Waals surface area contributed by atoms with Crippen LogP contribution in [0.4, 0.5) is 5.00 Å². The zero-order valence-electron chi connectivity index (χ0n) is 22.5. The van der Waals surface area contributed by atoms with Crippen molar-refractivity contribution in [3.8, 4) is 16.8 Å². The number of nitrogens with zero attached hydrogens (tertiary/aromatic N) is 2. The van der Waals surface area contributed by atoms with Gasteiger partial charge in [-0.1, -0.05) is 67.2 Å². The summed E-state index contributed by atoms with van der Waals surface area (Å²) in [5.41, 5.74) is 3.61. The van der Waals surface area contributed by atoms with Crippen molar-refractivity contribution in [2.75, 3.05) is 18.2 Å². The standard InChI is InChI=1S/C31H27N3O4S3/c1-18-13-14-21-23(15-18)41-28-25(21)29(36)34(20-11-7-4-8-12-20)31(33-28)40-17-24(35)32-27-26(30(37)38-2)22(16-39-27)19-9-5-3-6-10-19/h3-12,16,18H,13-15,17H2,1-2H3,(H,32,35)/t18-/m0/s1. The van der Waals surface area contributed by atoms with E-state index in [0.717, 1.165) is 35.2 Å². The summed E-state index contributed by atoms with van der Waals surface area (Å²) in [5.74, 6) is -0.241. The van der Waals surface area contributed by atoms with Gasteiger partial charge in [-0.25, -0.2) is 9.78 Å². The number of para-hydroxylation sites is 1. The van der Waals surface area contributed by atoms with Gasteiger partial charge in [-0.2, -0.15) is 0 Å². The number of carbonyl (C=O) groups excluding carboxylic acids is 2. The van der Waals surface area contributed by atoms with Crippen molar-refractivity contribution >= 4 is 61.5 Å². The van der Waals surface area contributed by atoms with Crippen molar-refractivity contribution in [1.82, 2.24) is 9.55 Å². The average molecular weight is 602 g/mol. The molecule has 0 saturated heterocycles. The predicted octanol–water partition coefficient (Wildman–Crippen LogP) is 6.82. The minimum absolute atomic E-state index is 0.00604. The van der Waals surface area contributed by atoms with Crippen molar-refractivity contribution in [3.05, 3.63) is 92.4 Å². The topological polar surface area (TPSA) is 90.3 Å². The van der Waals surface area contributed by atoms with Crippen LogP contribution in [-0.2, 0) is 22.4 Å². The Morgan fingerprint density at radius 2 is 1.85 bits per heavy atom. The van der Waals surface area contributed by atoms with Crippen LogP contribution in [0.25, 0.3) is 27.0 Å². The molecule has 6 rings (SSSR count). The Bertz CT molecular complexity index is 1810. The molecule has 0 spiro atoms. The van der Waals surface area contributed by atoms with Crippen molar-refractivity contribution in [2.24, 2.45) is 5.92 Å². The highest BCUT2D eigenvalue weighted by Crippen LogP contribution is 2.38. The molecule has 2 aromatic carbocycles. The minimum Gasteiger partial charge on any atom is -0.465 e. The second-order valence-electron chi connectivity index (χ2n) is 9.95. The highest BCUT2D eigenvalue weighted by molar-refractivity contribution is 7.99. The smallest absolute Gasteiger partial charge is 0.341 e. The first kappa shape index (κ1) is 27.4. The molecule has 3 heterocycles. The van der Waals surface area contributed by atoms with Gasteiger partial charge in [0.05, 0.1) is 23.9 Å². The van der Waals surface area contributed by atoms with Gasteiger partial charge in [-0.15, -0.1) is 22.7 Å². The van der Waals surface area contributed by atoms with Crippen molar-refractivity contribution in [2.45, 2.75) is 31.3 Å². The minimum atomic E-state index is -0.519. The maximum absolute atomic E-state index is 14.0. The number of ether oxygens (including phenoxy) is 1. The molecule has 0 unspecified atom stereocenters. The van der Waals surface area contributed by atoms with Gasteiger partial charge in [0.2, 0.25) is 5.91 Å². The van der Waals surface area contributed by atoms with E-state index in [2.05, 4.69) is 12.2 Å². The first-order chi connectivity index (χ1) is 19.9. The molecule has 0 saturated carbocycles. The van der Waals surface area contributed by atoms with Crippen LogP contribution in [-0.4, -0.2) is 34.3 Å². The number of esters is 1. The molecule has 0 radical (unpaired) electrons. The molecule has 208 valence electrons. The maximum atomic E-state index is 14.0. The van der Waals surface area contributed by atoms with Crippen LogP contribution in [0, 0.1) is 5.92 Å². The molecule has 10 heteroatoms. The van der Waals surface area contributed by atoms with E-state index in [9.17, 15) is 14.4 Å². The number of fused-ring (bicyclic) bond motifs is 3. The Morgan fingerprint density at radius 1 is 1.12 bits per heavy atom. The quantitative estimate of drug-likeness (QED) is 0.125. The van der Waals surface area contributed by atoms with Gasteiger partial charge in [0, 0.05) is 15.8 Å². The van der Waals surface area contributed by atoms with Gasteiger partial charge in [-0.05, 0) is 48.4 Å². The van der Waals surface area contributed by atoms with E-state index in [1.165, 1.54) is 35.1 Å². The number of rotatable bonds is 7. The Kier molecular flexibility index (Phi) is 7.79. The molecule has 1 atom stereocenters. The van der Waals surface area contributed by atoms with Gasteiger partial charge in [-0.3, -0.25) is 14.2 Å². The fraction of sp³-hybridized carbons (Fsp3) is 0.226. The number of amides is 1. The van der Waals surface area contributed by atoms with E-state index in [0.29, 0.717) is 38.3 Å². The summed E-state index contributed by atoms with van der Waals surface area (Å²) in [4.78, 5) is 46.7. The maximum Gasteiger partial charge on any atom is 0.341 e. The second-order valence-corrected chi connectivity index (χ2v) is 12.9. The fourth-order valence-corrected chi connectivity index (χ4v) is 8.36. The summed E-state index contributed by atoms with van der Waals surface area (Å²) in [5, 5.41) is 6.30. The number of nitrogens with one attached hydrogen (secondary N) is 1. The first-order valence-electron chi connectivity index (χ1n) is 13.2. The molecule has 1 aliphatic rings. The molecular weight excluding hydrogens is 575 g/mol. The number of aryl methyl sites for hydroxylation is 1. The van der Waals surface area contributed by atoms with E-state index in [-0.39, 0.29) is 17.2 Å². The van der Waals surface area contributed by atoms with Crippen LogP contribution in [0.5, 0.6) is 0 Å². The normalized spacial score (nSPS) is 14.5. The van der Waals surface area contributed by atoms with Gasteiger partial charge in [0.1, 0.15) is 15.4 Å². The largest absolute Gasteiger partial charge is 0.465 e. The third-order valence-electron chi connectivity index (χ3n) is 7.16. The van der Waals surface area contributed by atoms with Crippen LogP contribution < -0.4 is 10.9 Å². The average Bonchev–Trinajstić information content (AvgIpc) is 3.57. The number of carbonyl (C=O) groups is 2. The van der Waals surface area contributed by atoms with Crippen LogP contribution in [0.2, 0.25) is 0 Å². The number of aromatic nitrogens is 2. The zero-order chi connectivity index (χ0) is 28.5. The number of methoxy groups -OCH3 is 1. The fourth-order valence-electron chi connectivity index (χ4n) is 5.15. The summed E-state index contributed by atoms with van der Waals surface area (Å²) < 4.78 is 6.65. The van der Waals surface area contributed by atoms with Gasteiger partial charge in [0.15, 0.2) is 5.16 Å². The number of thiophene rings is 2.